The lowest BCUT2D eigenvalue weighted by Gasteiger charge is -2.50. The summed E-state index contributed by atoms with van der Waals surface area (Å²) in [6.45, 7) is 0.302. The van der Waals surface area contributed by atoms with E-state index in [0.717, 1.165) is 0 Å². The molecule has 424 valence electrons. The Morgan fingerprint density at radius 3 is 0.986 bits per heavy atom. The molecule has 0 amide bonds. The van der Waals surface area contributed by atoms with E-state index in [4.69, 9.17) is 61.0 Å². The molecular formula is C43H66O30S. The Morgan fingerprint density at radius 2 is 0.649 bits per heavy atom. The first kappa shape index (κ1) is 58.2. The Labute approximate surface area is 421 Å². The van der Waals surface area contributed by atoms with Crippen molar-refractivity contribution in [3.63, 3.8) is 0 Å². The monoisotopic (exact) mass is 1090 g/mol. The predicted octanol–water partition coefficient (Wildman–Crippen LogP) is -9.28. The molecule has 16 aliphatic heterocycles. The van der Waals surface area contributed by atoms with Crippen molar-refractivity contribution in [1.29, 1.82) is 0 Å². The third kappa shape index (κ3) is 11.4. The molecule has 15 N–H and O–H groups in total. The minimum Gasteiger partial charge on any atom is -0.394 e. The van der Waals surface area contributed by atoms with Crippen LogP contribution in [0.25, 0.3) is 0 Å². The first-order chi connectivity index (χ1) is 35.0. The molecule has 16 saturated heterocycles. The summed E-state index contributed by atoms with van der Waals surface area (Å²) < 4.78 is 103. The van der Waals surface area contributed by atoms with Gasteiger partial charge in [-0.2, -0.15) is 8.42 Å². The number of hydrogen-bond acceptors (Lipinski definition) is 30. The molecule has 74 heavy (non-hydrogen) atoms. The van der Waals surface area contributed by atoms with E-state index in [1.54, 1.807) is 6.92 Å². The van der Waals surface area contributed by atoms with E-state index in [1.165, 1.54) is 38.1 Å². The Kier molecular flexibility index (Phi) is 18.7. The average molecular weight is 1100 g/mol. The first-order valence-electron chi connectivity index (χ1n) is 23.8. The highest BCUT2D eigenvalue weighted by atomic mass is 32.2. The topological polar surface area (TPSA) is 458 Å². The fourth-order valence-corrected chi connectivity index (χ4v) is 10.9. The van der Waals surface area contributed by atoms with Gasteiger partial charge in [0.05, 0.1) is 43.5 Å². The van der Waals surface area contributed by atoms with Gasteiger partial charge in [-0.05, 0) is 32.9 Å². The predicted molar refractivity (Wildman–Crippen MR) is 230 cm³/mol. The quantitative estimate of drug-likeness (QED) is 0.113. The van der Waals surface area contributed by atoms with Crippen molar-refractivity contribution in [2.24, 2.45) is 0 Å². The second-order valence-corrected chi connectivity index (χ2v) is 20.7. The van der Waals surface area contributed by atoms with Gasteiger partial charge in [0.1, 0.15) is 128 Å². The molecule has 0 radical (unpaired) electrons. The normalized spacial score (nSPS) is 50.8. The molecule has 16 heterocycles. The summed E-state index contributed by atoms with van der Waals surface area (Å²) in [6.07, 6.45) is -57.4. The van der Waals surface area contributed by atoms with Gasteiger partial charge in [-0.25, -0.2) is 0 Å². The Bertz CT molecular complexity index is 2070. The zero-order valence-electron chi connectivity index (χ0n) is 39.7. The summed E-state index contributed by atoms with van der Waals surface area (Å²) >= 11 is 0. The van der Waals surface area contributed by atoms with Gasteiger partial charge in [0.15, 0.2) is 43.8 Å². The van der Waals surface area contributed by atoms with Gasteiger partial charge in [-0.15, -0.1) is 0 Å². The number of hydrogen-bond donors (Lipinski definition) is 15. The van der Waals surface area contributed by atoms with Crippen molar-refractivity contribution in [3.05, 3.63) is 29.8 Å². The zero-order valence-corrected chi connectivity index (χ0v) is 40.5. The summed E-state index contributed by atoms with van der Waals surface area (Å²) in [5.74, 6) is 0. The first-order valence-corrected chi connectivity index (χ1v) is 25.2. The smallest absolute Gasteiger partial charge is 0.297 e. The van der Waals surface area contributed by atoms with E-state index in [9.17, 15) is 85.0 Å². The third-order valence-corrected chi connectivity index (χ3v) is 15.4. The van der Waals surface area contributed by atoms with Gasteiger partial charge in [-0.1, -0.05) is 17.7 Å². The zero-order chi connectivity index (χ0) is 53.8. The van der Waals surface area contributed by atoms with Crippen LogP contribution in [0.2, 0.25) is 0 Å². The van der Waals surface area contributed by atoms with Gasteiger partial charge < -0.3 is 133 Å². The number of ether oxygens (including phenoxy) is 12. The van der Waals surface area contributed by atoms with Crippen molar-refractivity contribution in [2.75, 3.05) is 26.4 Å². The lowest BCUT2D eigenvalue weighted by atomic mass is 9.95. The number of aliphatic hydroxyl groups excluding tert-OH is 15. The molecule has 16 aliphatic rings. The summed E-state index contributed by atoms with van der Waals surface area (Å²) in [7, 11) is -4.87. The van der Waals surface area contributed by atoms with Crippen molar-refractivity contribution >= 4 is 10.1 Å². The highest BCUT2D eigenvalue weighted by Gasteiger charge is 2.59. The second-order valence-electron chi connectivity index (χ2n) is 19.1. The molecule has 1 aromatic rings. The number of benzene rings is 1. The van der Waals surface area contributed by atoms with Crippen LogP contribution in [0.3, 0.4) is 0 Å². The van der Waals surface area contributed by atoms with Crippen LogP contribution in [0.1, 0.15) is 19.4 Å². The van der Waals surface area contributed by atoms with Crippen LogP contribution in [0, 0.1) is 6.92 Å². The average Bonchev–Trinajstić information content (AvgIpc) is 3.37. The Morgan fingerprint density at radius 1 is 0.378 bits per heavy atom. The lowest BCUT2D eigenvalue weighted by Crippen LogP contribution is -2.68. The molecule has 0 aromatic heterocycles. The van der Waals surface area contributed by atoms with Crippen LogP contribution in [-0.2, 0) is 71.1 Å². The van der Waals surface area contributed by atoms with Crippen LogP contribution >= 0.6 is 0 Å². The number of aliphatic hydroxyl groups is 15. The standard InChI is InChI=1S/C43H66O30S/c1-12-4-6-15(7-5-12)74(59,60)73-37-30(58)36-19(11-47)66-43(37)68-32-14(3)62-38(26(54)21(32)49)69-33-16(8-44)64-41(28(56)23(33)51)71-35-18(10-46)65-42(29(57)24(35)52)70-34-17(9-45)63-40(27(55)22(34)50)67-31-13(2)61-39(72-36)25(53)20(31)48/h4-7,13-14,16-58H,8-11H2,1-3H3/t13-,14-,16-,17-,18-,19-,20-,21-,22-,23-,24-,25-,26-,27-,28-,29-,30+,31-,32-,33-,34-,35-,36-,37-,38-,39-,40-,41-,42-,43-/m0/s1. The molecule has 31 heteroatoms. The van der Waals surface area contributed by atoms with E-state index in [2.05, 4.69) is 0 Å². The largest absolute Gasteiger partial charge is 0.394 e. The van der Waals surface area contributed by atoms with E-state index in [1.807, 2.05) is 0 Å². The van der Waals surface area contributed by atoms with E-state index in [-0.39, 0.29) is 0 Å². The minimum absolute atomic E-state index is 0.407. The maximum Gasteiger partial charge on any atom is 0.297 e. The molecule has 30 nitrogen and oxygen atoms in total. The highest BCUT2D eigenvalue weighted by Crippen LogP contribution is 2.39. The van der Waals surface area contributed by atoms with Crippen molar-refractivity contribution < 1.29 is 146 Å². The molecule has 16 fully saturated rings. The lowest BCUT2D eigenvalue weighted by molar-refractivity contribution is -0.401. The van der Waals surface area contributed by atoms with Crippen molar-refractivity contribution in [3.8, 4) is 0 Å². The van der Waals surface area contributed by atoms with Gasteiger partial charge in [-0.3, -0.25) is 4.18 Å². The van der Waals surface area contributed by atoms with E-state index in [0.29, 0.717) is 5.56 Å². The third-order valence-electron chi connectivity index (χ3n) is 14.1. The molecule has 12 bridgehead atoms. The van der Waals surface area contributed by atoms with Crippen molar-refractivity contribution in [1.82, 2.24) is 0 Å². The van der Waals surface area contributed by atoms with E-state index >= 15 is 0 Å². The van der Waals surface area contributed by atoms with Crippen LogP contribution < -0.4 is 0 Å². The second kappa shape index (κ2) is 23.8. The van der Waals surface area contributed by atoms with Crippen LogP contribution in [0.4, 0.5) is 0 Å². The van der Waals surface area contributed by atoms with Crippen LogP contribution in [0.5, 0.6) is 0 Å². The molecular weight excluding hydrogens is 1030 g/mol. The SMILES string of the molecule is Cc1ccc(S(=O)(=O)O[C@@H]2[C@@H]3O[C@@H]4[C@@H](O)[C@H](O)[C@H](O[C@@H]5[C@@H](O)[C@H](O)[C@H](O[C@@H]6[C@@H](O)[C@H](O)[C@H](O[C@@H]7[C@@H](O)[C@H](O)[C@H](O[C@@H]8[C@@H](O)[C@H](O)[C@H](O[C@H]([C@H]2O)[C@H](CO)O3)O[C@H]8C)O[C@H]7CO)O[C@H]6CO)O[C@H]5CO)O[C@H]4C)cc1. The number of rotatable bonds is 7. The highest BCUT2D eigenvalue weighted by molar-refractivity contribution is 7.86. The Balaban J connectivity index is 1.12. The summed E-state index contributed by atoms with van der Waals surface area (Å²) in [6, 6.07) is 5.29. The van der Waals surface area contributed by atoms with Crippen LogP contribution in [0.15, 0.2) is 29.2 Å². The Hall–Kier alpha value is -1.95. The molecule has 0 saturated carbocycles. The maximum absolute atomic E-state index is 13.8. The maximum atomic E-state index is 13.8. The minimum atomic E-state index is -4.87. The van der Waals surface area contributed by atoms with Crippen molar-refractivity contribution in [2.45, 2.75) is 210 Å². The van der Waals surface area contributed by atoms with Gasteiger partial charge in [0.25, 0.3) is 10.1 Å². The van der Waals surface area contributed by atoms with Crippen LogP contribution in [-0.4, -0.2) is 296 Å². The molecule has 17 rings (SSSR count). The summed E-state index contributed by atoms with van der Waals surface area (Å²) in [5, 5.41) is 167. The molecule has 30 atom stereocenters. The molecule has 0 unspecified atom stereocenters. The van der Waals surface area contributed by atoms with Gasteiger partial charge in [0.2, 0.25) is 0 Å². The molecule has 1 aromatic carbocycles. The fourth-order valence-electron chi connectivity index (χ4n) is 9.87. The van der Waals surface area contributed by atoms with E-state index < -0.39 is 226 Å². The van der Waals surface area contributed by atoms with Gasteiger partial charge >= 0.3 is 0 Å². The summed E-state index contributed by atoms with van der Waals surface area (Å²) in [4.78, 5) is -0.407. The summed E-state index contributed by atoms with van der Waals surface area (Å²) in [5.41, 5.74) is 0.665. The molecule has 0 spiro atoms. The number of aryl methyl sites for hydroxylation is 1. The molecule has 0 aliphatic carbocycles. The van der Waals surface area contributed by atoms with Gasteiger partial charge in [0, 0.05) is 0 Å². The fraction of sp³-hybridized carbons (Fsp3) is 0.860.